The molecule has 0 aliphatic carbocycles. The van der Waals surface area contributed by atoms with Crippen molar-refractivity contribution < 1.29 is 26.3 Å². The number of halogens is 4. The van der Waals surface area contributed by atoms with E-state index in [-0.39, 0.29) is 12.4 Å². The molecule has 0 radical (unpaired) electrons. The smallest absolute Gasteiger partial charge is 0.380 e. The van der Waals surface area contributed by atoms with Crippen LogP contribution in [0.4, 0.5) is 13.2 Å². The molecule has 0 fully saturated rings. The van der Waals surface area contributed by atoms with Gasteiger partial charge in [0, 0.05) is 6.61 Å². The summed E-state index contributed by atoms with van der Waals surface area (Å²) in [5.41, 5.74) is -1.16. The van der Waals surface area contributed by atoms with Gasteiger partial charge in [-0.05, 0) is 30.5 Å². The minimum atomic E-state index is -4.70. The summed E-state index contributed by atoms with van der Waals surface area (Å²) in [7, 11) is -3.84. The van der Waals surface area contributed by atoms with Crippen molar-refractivity contribution in [1.82, 2.24) is 0 Å². The van der Waals surface area contributed by atoms with E-state index in [2.05, 4.69) is 0 Å². The monoisotopic (exact) mass is 358 g/mol. The molecule has 0 spiro atoms. The maximum Gasteiger partial charge on any atom is 0.417 e. The third-order valence-corrected chi connectivity index (χ3v) is 4.94. The van der Waals surface area contributed by atoms with E-state index < -0.39 is 31.5 Å². The molecule has 0 N–H and O–H groups in total. The zero-order valence-electron chi connectivity index (χ0n) is 12.3. The third kappa shape index (κ3) is 5.78. The number of rotatable bonds is 7. The normalized spacial score (nSPS) is 12.9. The Hall–Kier alpha value is -0.790. The minimum absolute atomic E-state index is 0.0565. The molecule has 1 rings (SSSR count). The molecule has 0 unspecified atom stereocenters. The molecule has 0 saturated carbocycles. The number of sulfone groups is 1. The van der Waals surface area contributed by atoms with Crippen LogP contribution in [-0.2, 0) is 20.8 Å². The summed E-state index contributed by atoms with van der Waals surface area (Å²) in [6, 6.07) is 2.57. The van der Waals surface area contributed by atoms with Crippen LogP contribution in [0, 0.1) is 5.92 Å². The second-order valence-corrected chi connectivity index (χ2v) is 7.77. The van der Waals surface area contributed by atoms with Gasteiger partial charge in [-0.2, -0.15) is 13.2 Å². The predicted molar refractivity (Wildman–Crippen MR) is 78.8 cm³/mol. The van der Waals surface area contributed by atoms with E-state index in [9.17, 15) is 21.6 Å². The molecule has 0 heterocycles. The van der Waals surface area contributed by atoms with Crippen LogP contribution in [0.5, 0.6) is 0 Å². The van der Waals surface area contributed by atoms with Crippen molar-refractivity contribution in [2.24, 2.45) is 5.92 Å². The molecule has 1 aromatic carbocycles. The number of ether oxygens (including phenoxy) is 1. The van der Waals surface area contributed by atoms with Gasteiger partial charge in [-0.25, -0.2) is 8.42 Å². The maximum atomic E-state index is 12.7. The fraction of sp³-hybridized carbons (Fsp3) is 0.571. The topological polar surface area (TPSA) is 43.4 Å². The molecular formula is C14H18ClF3O3S. The second kappa shape index (κ2) is 7.66. The highest BCUT2D eigenvalue weighted by molar-refractivity contribution is 7.91. The Labute approximate surface area is 133 Å². The summed E-state index contributed by atoms with van der Waals surface area (Å²) in [4.78, 5) is -0.406. The first-order chi connectivity index (χ1) is 10.0. The summed E-state index contributed by atoms with van der Waals surface area (Å²) >= 11 is 5.47. The van der Waals surface area contributed by atoms with Crippen molar-refractivity contribution in [3.8, 4) is 0 Å². The molecule has 0 aromatic heterocycles. The molecular weight excluding hydrogens is 341 g/mol. The molecule has 3 nitrogen and oxygen atoms in total. The Morgan fingerprint density at radius 3 is 2.41 bits per heavy atom. The first-order valence-electron chi connectivity index (χ1n) is 6.71. The lowest BCUT2D eigenvalue weighted by Crippen LogP contribution is -2.15. The van der Waals surface area contributed by atoms with E-state index in [1.807, 2.05) is 13.8 Å². The average Bonchev–Trinajstić information content (AvgIpc) is 2.36. The van der Waals surface area contributed by atoms with Crippen LogP contribution >= 0.6 is 11.6 Å². The summed E-state index contributed by atoms with van der Waals surface area (Å²) < 4.78 is 67.5. The Kier molecular flexibility index (Phi) is 6.70. The lowest BCUT2D eigenvalue weighted by molar-refractivity contribution is -0.137. The van der Waals surface area contributed by atoms with E-state index in [0.29, 0.717) is 18.6 Å². The van der Waals surface area contributed by atoms with E-state index in [4.69, 9.17) is 16.3 Å². The van der Waals surface area contributed by atoms with Crippen LogP contribution < -0.4 is 0 Å². The number of hydrogen-bond acceptors (Lipinski definition) is 3. The average molecular weight is 359 g/mol. The SMILES string of the molecule is CC(C)CCOCCS(=O)(=O)c1ccc(Cl)c(C(F)(F)F)c1. The van der Waals surface area contributed by atoms with E-state index >= 15 is 0 Å². The van der Waals surface area contributed by atoms with Crippen molar-refractivity contribution in [2.75, 3.05) is 19.0 Å². The van der Waals surface area contributed by atoms with Gasteiger partial charge in [0.25, 0.3) is 0 Å². The lowest BCUT2D eigenvalue weighted by atomic mass is 10.1. The summed E-state index contributed by atoms with van der Waals surface area (Å²) in [6.07, 6.45) is -3.91. The van der Waals surface area contributed by atoms with Crippen molar-refractivity contribution in [3.63, 3.8) is 0 Å². The van der Waals surface area contributed by atoms with E-state index in [0.717, 1.165) is 18.6 Å². The Bertz CT molecular complexity index is 598. The van der Waals surface area contributed by atoms with Gasteiger partial charge < -0.3 is 4.74 Å². The molecule has 0 saturated heterocycles. The zero-order chi connectivity index (χ0) is 17.0. The van der Waals surface area contributed by atoms with Gasteiger partial charge in [0.15, 0.2) is 9.84 Å². The molecule has 0 atom stereocenters. The van der Waals surface area contributed by atoms with Crippen LogP contribution in [0.2, 0.25) is 5.02 Å². The first kappa shape index (κ1) is 19.3. The van der Waals surface area contributed by atoms with Gasteiger partial charge in [0.05, 0.1) is 27.8 Å². The van der Waals surface area contributed by atoms with Gasteiger partial charge >= 0.3 is 6.18 Å². The summed E-state index contributed by atoms with van der Waals surface area (Å²) in [6.45, 7) is 4.37. The lowest BCUT2D eigenvalue weighted by Gasteiger charge is -2.11. The third-order valence-electron chi connectivity index (χ3n) is 2.94. The van der Waals surface area contributed by atoms with Gasteiger partial charge in [0.2, 0.25) is 0 Å². The van der Waals surface area contributed by atoms with Crippen molar-refractivity contribution >= 4 is 21.4 Å². The predicted octanol–water partition coefficient (Wildman–Crippen LogP) is 4.20. The fourth-order valence-corrected chi connectivity index (χ4v) is 2.99. The maximum absolute atomic E-state index is 12.7. The van der Waals surface area contributed by atoms with Crippen molar-refractivity contribution in [1.29, 1.82) is 0 Å². The fourth-order valence-electron chi connectivity index (χ4n) is 1.62. The summed E-state index contributed by atoms with van der Waals surface area (Å²) in [5.74, 6) is 0.0616. The molecule has 0 aliphatic rings. The van der Waals surface area contributed by atoms with Crippen molar-refractivity contribution in [2.45, 2.75) is 31.3 Å². The number of benzene rings is 1. The molecule has 1 aromatic rings. The largest absolute Gasteiger partial charge is 0.417 e. The highest BCUT2D eigenvalue weighted by Gasteiger charge is 2.34. The number of hydrogen-bond donors (Lipinski definition) is 0. The van der Waals surface area contributed by atoms with E-state index in [1.165, 1.54) is 0 Å². The van der Waals surface area contributed by atoms with Crippen LogP contribution in [0.3, 0.4) is 0 Å². The van der Waals surface area contributed by atoms with Gasteiger partial charge in [-0.1, -0.05) is 25.4 Å². The Morgan fingerprint density at radius 1 is 1.23 bits per heavy atom. The standard InChI is InChI=1S/C14H18ClF3O3S/c1-10(2)5-6-21-7-8-22(19,20)11-3-4-13(15)12(9-11)14(16,17)18/h3-4,9-10H,5-8H2,1-2H3. The molecule has 126 valence electrons. The van der Waals surface area contributed by atoms with Crippen LogP contribution in [0.1, 0.15) is 25.8 Å². The van der Waals surface area contributed by atoms with E-state index in [1.54, 1.807) is 0 Å². The second-order valence-electron chi connectivity index (χ2n) is 5.25. The van der Waals surface area contributed by atoms with Gasteiger partial charge in [-0.3, -0.25) is 0 Å². The molecule has 0 aliphatic heterocycles. The first-order valence-corrected chi connectivity index (χ1v) is 8.74. The number of alkyl halides is 3. The molecule has 22 heavy (non-hydrogen) atoms. The quantitative estimate of drug-likeness (QED) is 0.686. The van der Waals surface area contributed by atoms with Gasteiger partial charge in [-0.15, -0.1) is 0 Å². The van der Waals surface area contributed by atoms with Crippen LogP contribution in [-0.4, -0.2) is 27.4 Å². The highest BCUT2D eigenvalue weighted by Crippen LogP contribution is 2.36. The molecule has 0 amide bonds. The van der Waals surface area contributed by atoms with Gasteiger partial charge in [0.1, 0.15) is 0 Å². The van der Waals surface area contributed by atoms with Crippen molar-refractivity contribution in [3.05, 3.63) is 28.8 Å². The Balaban J connectivity index is 2.77. The van der Waals surface area contributed by atoms with Crippen LogP contribution in [0.25, 0.3) is 0 Å². The Morgan fingerprint density at radius 2 is 1.86 bits per heavy atom. The van der Waals surface area contributed by atoms with Crippen LogP contribution in [0.15, 0.2) is 23.1 Å². The highest BCUT2D eigenvalue weighted by atomic mass is 35.5. The molecule has 0 bridgehead atoms. The zero-order valence-corrected chi connectivity index (χ0v) is 13.9. The summed E-state index contributed by atoms with van der Waals surface area (Å²) in [5, 5.41) is -0.528. The minimum Gasteiger partial charge on any atom is -0.380 e. The molecule has 8 heteroatoms.